The van der Waals surface area contributed by atoms with E-state index in [4.69, 9.17) is 15.2 Å². The molecule has 3 nitrogen and oxygen atoms in total. The standard InChI is InChI=1S/C10H11F2NO2/c11-7-1-6(2-8(12)3-7)10-14-5-9(4-13)15-10/h1-3,9-10H,4-5,13H2. The second-order valence-corrected chi connectivity index (χ2v) is 3.36. The van der Waals surface area contributed by atoms with Crippen LogP contribution in [0.15, 0.2) is 18.2 Å². The van der Waals surface area contributed by atoms with Crippen molar-refractivity contribution < 1.29 is 18.3 Å². The van der Waals surface area contributed by atoms with Gasteiger partial charge in [-0.3, -0.25) is 0 Å². The first-order valence-electron chi connectivity index (χ1n) is 4.62. The molecule has 1 aliphatic rings. The second kappa shape index (κ2) is 4.22. The Balaban J connectivity index is 2.16. The van der Waals surface area contributed by atoms with Crippen LogP contribution in [0.25, 0.3) is 0 Å². The molecule has 2 N–H and O–H groups in total. The average molecular weight is 215 g/mol. The smallest absolute Gasteiger partial charge is 0.184 e. The highest BCUT2D eigenvalue weighted by molar-refractivity contribution is 5.19. The number of nitrogens with two attached hydrogens (primary N) is 1. The molecule has 0 bridgehead atoms. The van der Waals surface area contributed by atoms with Gasteiger partial charge in [0, 0.05) is 18.2 Å². The van der Waals surface area contributed by atoms with E-state index >= 15 is 0 Å². The van der Waals surface area contributed by atoms with Crippen LogP contribution < -0.4 is 5.73 Å². The average Bonchev–Trinajstić information content (AvgIpc) is 2.64. The molecule has 0 radical (unpaired) electrons. The maximum atomic E-state index is 12.9. The summed E-state index contributed by atoms with van der Waals surface area (Å²) in [5.74, 6) is -1.29. The van der Waals surface area contributed by atoms with Crippen LogP contribution in [0.5, 0.6) is 0 Å². The van der Waals surface area contributed by atoms with E-state index in [0.717, 1.165) is 6.07 Å². The molecule has 0 amide bonds. The molecule has 0 saturated carbocycles. The Morgan fingerprint density at radius 3 is 2.47 bits per heavy atom. The number of benzene rings is 1. The Morgan fingerprint density at radius 2 is 1.93 bits per heavy atom. The maximum absolute atomic E-state index is 12.9. The molecule has 0 spiro atoms. The molecular weight excluding hydrogens is 204 g/mol. The van der Waals surface area contributed by atoms with E-state index in [-0.39, 0.29) is 6.10 Å². The molecule has 1 heterocycles. The zero-order chi connectivity index (χ0) is 10.8. The zero-order valence-corrected chi connectivity index (χ0v) is 7.95. The molecule has 82 valence electrons. The Bertz CT molecular complexity index is 339. The van der Waals surface area contributed by atoms with E-state index < -0.39 is 17.9 Å². The first kappa shape index (κ1) is 10.5. The highest BCUT2D eigenvalue weighted by Crippen LogP contribution is 2.27. The number of rotatable bonds is 2. The Hall–Kier alpha value is -1.04. The lowest BCUT2D eigenvalue weighted by atomic mass is 10.2. The van der Waals surface area contributed by atoms with Gasteiger partial charge in [-0.1, -0.05) is 0 Å². The lowest BCUT2D eigenvalue weighted by Gasteiger charge is -2.10. The van der Waals surface area contributed by atoms with Crippen LogP contribution in [0.2, 0.25) is 0 Å². The summed E-state index contributed by atoms with van der Waals surface area (Å²) in [7, 11) is 0. The van der Waals surface area contributed by atoms with Crippen LogP contribution >= 0.6 is 0 Å². The number of ether oxygens (including phenoxy) is 2. The van der Waals surface area contributed by atoms with Gasteiger partial charge in [0.05, 0.1) is 12.7 Å². The fourth-order valence-electron chi connectivity index (χ4n) is 1.46. The van der Waals surface area contributed by atoms with Gasteiger partial charge >= 0.3 is 0 Å². The van der Waals surface area contributed by atoms with Crippen molar-refractivity contribution in [1.82, 2.24) is 0 Å². The van der Waals surface area contributed by atoms with Gasteiger partial charge < -0.3 is 15.2 Å². The number of hydrogen-bond acceptors (Lipinski definition) is 3. The van der Waals surface area contributed by atoms with E-state index in [2.05, 4.69) is 0 Å². The van der Waals surface area contributed by atoms with Crippen LogP contribution in [0.1, 0.15) is 11.9 Å². The van der Waals surface area contributed by atoms with E-state index in [0.29, 0.717) is 18.7 Å². The SMILES string of the molecule is NCC1COC(c2cc(F)cc(F)c2)O1. The predicted octanol–water partition coefficient (Wildman–Crippen LogP) is 1.34. The Kier molecular flexibility index (Phi) is 2.95. The summed E-state index contributed by atoms with van der Waals surface area (Å²) >= 11 is 0. The van der Waals surface area contributed by atoms with Crippen molar-refractivity contribution in [1.29, 1.82) is 0 Å². The molecule has 1 aromatic rings. The van der Waals surface area contributed by atoms with Gasteiger partial charge in [-0.25, -0.2) is 8.78 Å². The van der Waals surface area contributed by atoms with Gasteiger partial charge in [-0.15, -0.1) is 0 Å². The molecule has 15 heavy (non-hydrogen) atoms. The second-order valence-electron chi connectivity index (χ2n) is 3.36. The molecule has 0 aromatic heterocycles. The highest BCUT2D eigenvalue weighted by Gasteiger charge is 2.26. The van der Waals surface area contributed by atoms with Crippen molar-refractivity contribution in [2.75, 3.05) is 13.2 Å². The molecular formula is C10H11F2NO2. The largest absolute Gasteiger partial charge is 0.346 e. The molecule has 1 aliphatic heterocycles. The van der Waals surface area contributed by atoms with Gasteiger partial charge in [-0.05, 0) is 12.1 Å². The summed E-state index contributed by atoms with van der Waals surface area (Å²) in [4.78, 5) is 0. The summed E-state index contributed by atoms with van der Waals surface area (Å²) < 4.78 is 36.3. The first-order chi connectivity index (χ1) is 7.19. The monoisotopic (exact) mass is 215 g/mol. The van der Waals surface area contributed by atoms with Crippen LogP contribution in [0.4, 0.5) is 8.78 Å². The van der Waals surface area contributed by atoms with Crippen molar-refractivity contribution in [3.63, 3.8) is 0 Å². The van der Waals surface area contributed by atoms with Gasteiger partial charge in [0.15, 0.2) is 6.29 Å². The fourth-order valence-corrected chi connectivity index (χ4v) is 1.46. The normalized spacial score (nSPS) is 25.8. The van der Waals surface area contributed by atoms with Crippen molar-refractivity contribution in [2.24, 2.45) is 5.73 Å². The Labute approximate surface area is 85.8 Å². The lowest BCUT2D eigenvalue weighted by molar-refractivity contribution is -0.0589. The molecule has 0 aliphatic carbocycles. The van der Waals surface area contributed by atoms with E-state index in [1.165, 1.54) is 12.1 Å². The van der Waals surface area contributed by atoms with Gasteiger partial charge in [0.2, 0.25) is 0 Å². The zero-order valence-electron chi connectivity index (χ0n) is 7.95. The van der Waals surface area contributed by atoms with E-state index in [1.54, 1.807) is 0 Å². The third-order valence-corrected chi connectivity index (χ3v) is 2.17. The molecule has 1 fully saturated rings. The molecule has 2 unspecified atom stereocenters. The third-order valence-electron chi connectivity index (χ3n) is 2.17. The van der Waals surface area contributed by atoms with E-state index in [1.807, 2.05) is 0 Å². The maximum Gasteiger partial charge on any atom is 0.184 e. The first-order valence-corrected chi connectivity index (χ1v) is 4.62. The number of hydrogen-bond donors (Lipinski definition) is 1. The Morgan fingerprint density at radius 1 is 1.27 bits per heavy atom. The quantitative estimate of drug-likeness (QED) is 0.809. The minimum absolute atomic E-state index is 0.207. The minimum atomic E-state index is -0.719. The van der Waals surface area contributed by atoms with Crippen molar-refractivity contribution in [3.8, 4) is 0 Å². The molecule has 1 saturated heterocycles. The predicted molar refractivity (Wildman–Crippen MR) is 49.0 cm³/mol. The lowest BCUT2D eigenvalue weighted by Crippen LogP contribution is -2.21. The summed E-state index contributed by atoms with van der Waals surface area (Å²) in [6, 6.07) is 3.18. The van der Waals surface area contributed by atoms with Gasteiger partial charge in [0.1, 0.15) is 11.6 Å². The van der Waals surface area contributed by atoms with Crippen LogP contribution in [0.3, 0.4) is 0 Å². The van der Waals surface area contributed by atoms with Crippen molar-refractivity contribution in [3.05, 3.63) is 35.4 Å². The van der Waals surface area contributed by atoms with Crippen molar-refractivity contribution >= 4 is 0 Å². The van der Waals surface area contributed by atoms with Crippen LogP contribution in [0, 0.1) is 11.6 Å². The molecule has 2 rings (SSSR count). The summed E-state index contributed by atoms with van der Waals surface area (Å²) in [5, 5.41) is 0. The topological polar surface area (TPSA) is 44.5 Å². The fraction of sp³-hybridized carbons (Fsp3) is 0.400. The van der Waals surface area contributed by atoms with Crippen LogP contribution in [-0.4, -0.2) is 19.3 Å². The highest BCUT2D eigenvalue weighted by atomic mass is 19.1. The van der Waals surface area contributed by atoms with Crippen LogP contribution in [-0.2, 0) is 9.47 Å². The van der Waals surface area contributed by atoms with Crippen molar-refractivity contribution in [2.45, 2.75) is 12.4 Å². The molecule has 1 aromatic carbocycles. The summed E-state index contributed by atoms with van der Waals surface area (Å²) in [6.07, 6.45) is -0.926. The molecule has 2 atom stereocenters. The minimum Gasteiger partial charge on any atom is -0.346 e. The van der Waals surface area contributed by atoms with Gasteiger partial charge in [-0.2, -0.15) is 0 Å². The number of halogens is 2. The third kappa shape index (κ3) is 2.31. The molecule has 5 heteroatoms. The van der Waals surface area contributed by atoms with Gasteiger partial charge in [0.25, 0.3) is 0 Å². The summed E-state index contributed by atoms with van der Waals surface area (Å²) in [6.45, 7) is 0.674. The van der Waals surface area contributed by atoms with E-state index in [9.17, 15) is 8.78 Å². The summed E-state index contributed by atoms with van der Waals surface area (Å²) in [5.41, 5.74) is 5.72.